The van der Waals surface area contributed by atoms with E-state index in [1.807, 2.05) is 23.1 Å². The van der Waals surface area contributed by atoms with E-state index in [2.05, 4.69) is 20.9 Å². The summed E-state index contributed by atoms with van der Waals surface area (Å²) in [6, 6.07) is 14.7. The van der Waals surface area contributed by atoms with E-state index in [0.717, 1.165) is 16.7 Å². The molecule has 0 spiro atoms. The Bertz CT molecular complexity index is 1070. The van der Waals surface area contributed by atoms with Gasteiger partial charge in [0.25, 0.3) is 5.91 Å². The minimum Gasteiger partial charge on any atom is -0.368 e. The third kappa shape index (κ3) is 2.93. The zero-order valence-corrected chi connectivity index (χ0v) is 14.0. The minimum atomic E-state index is -0.216. The molecule has 1 amide bonds. The van der Waals surface area contributed by atoms with Gasteiger partial charge in [-0.05, 0) is 36.4 Å². The van der Waals surface area contributed by atoms with Crippen LogP contribution >= 0.6 is 0 Å². The lowest BCUT2D eigenvalue weighted by molar-refractivity contribution is 0.0747. The number of anilines is 1. The normalized spacial score (nSPS) is 14.4. The van der Waals surface area contributed by atoms with E-state index < -0.39 is 0 Å². The second-order valence-corrected chi connectivity index (χ2v) is 6.28. The highest BCUT2D eigenvalue weighted by molar-refractivity contribution is 5.94. The van der Waals surface area contributed by atoms with Crippen LogP contribution in [0.2, 0.25) is 0 Å². The monoisotopic (exact) mass is 347 g/mol. The first-order chi connectivity index (χ1) is 12.6. The van der Waals surface area contributed by atoms with Gasteiger partial charge in [-0.15, -0.1) is 0 Å². The van der Waals surface area contributed by atoms with Crippen molar-refractivity contribution in [1.29, 1.82) is 5.26 Å². The molecule has 0 saturated carbocycles. The zero-order valence-electron chi connectivity index (χ0n) is 14.0. The summed E-state index contributed by atoms with van der Waals surface area (Å²) in [5, 5.41) is 8.99. The summed E-state index contributed by atoms with van der Waals surface area (Å²) in [7, 11) is 0. The molecule has 2 aromatic carbocycles. The Morgan fingerprint density at radius 2 is 1.77 bits per heavy atom. The van der Waals surface area contributed by atoms with Crippen molar-refractivity contribution >= 4 is 22.6 Å². The average Bonchev–Trinajstić information content (AvgIpc) is 3.06. The second kappa shape index (κ2) is 6.41. The van der Waals surface area contributed by atoms with Gasteiger partial charge in [0.1, 0.15) is 0 Å². The molecule has 0 atom stereocenters. The summed E-state index contributed by atoms with van der Waals surface area (Å²) in [5.74, 6) is -0.0489. The molecule has 0 aliphatic carbocycles. The van der Waals surface area contributed by atoms with Crippen LogP contribution in [0.3, 0.4) is 0 Å². The lowest BCUT2D eigenvalue weighted by atomic mass is 10.1. The Kier molecular flexibility index (Phi) is 3.93. The molecule has 4 rings (SSSR count). The molecular formula is C19H17N5O2. The number of imidazole rings is 1. The maximum atomic E-state index is 12.6. The van der Waals surface area contributed by atoms with Gasteiger partial charge in [0, 0.05) is 37.4 Å². The number of carbonyl (C=O) groups excluding carboxylic acids is 1. The SMILES string of the molecule is N#Cc1cccc(C(=O)N2CCN(c3ccc4[nH]c(=O)[nH]c4c3)CC2)c1. The van der Waals surface area contributed by atoms with Crippen LogP contribution in [-0.2, 0) is 0 Å². The number of hydrogen-bond acceptors (Lipinski definition) is 4. The molecule has 1 aliphatic heterocycles. The van der Waals surface area contributed by atoms with Crippen LogP contribution < -0.4 is 10.6 Å². The van der Waals surface area contributed by atoms with Gasteiger partial charge in [-0.25, -0.2) is 4.79 Å². The largest absolute Gasteiger partial charge is 0.368 e. The van der Waals surface area contributed by atoms with Gasteiger partial charge in [-0.1, -0.05) is 6.07 Å². The zero-order chi connectivity index (χ0) is 18.1. The highest BCUT2D eigenvalue weighted by Gasteiger charge is 2.22. The van der Waals surface area contributed by atoms with E-state index in [0.29, 0.717) is 37.3 Å². The van der Waals surface area contributed by atoms with Crippen LogP contribution in [0.15, 0.2) is 47.3 Å². The van der Waals surface area contributed by atoms with E-state index in [-0.39, 0.29) is 11.6 Å². The molecule has 1 aliphatic rings. The maximum absolute atomic E-state index is 12.6. The van der Waals surface area contributed by atoms with Gasteiger partial charge in [0.2, 0.25) is 0 Å². The third-order valence-electron chi connectivity index (χ3n) is 4.67. The number of amides is 1. The topological polar surface area (TPSA) is 96.0 Å². The Hall–Kier alpha value is -3.53. The molecule has 0 unspecified atom stereocenters. The number of aromatic nitrogens is 2. The van der Waals surface area contributed by atoms with E-state index in [4.69, 9.17) is 5.26 Å². The first kappa shape index (κ1) is 16.0. The van der Waals surface area contributed by atoms with Gasteiger partial charge in [-0.2, -0.15) is 5.26 Å². The molecule has 2 N–H and O–H groups in total. The van der Waals surface area contributed by atoms with Gasteiger partial charge < -0.3 is 19.8 Å². The van der Waals surface area contributed by atoms with Gasteiger partial charge in [0.15, 0.2) is 0 Å². The van der Waals surface area contributed by atoms with Crippen LogP contribution in [0.5, 0.6) is 0 Å². The maximum Gasteiger partial charge on any atom is 0.323 e. The predicted octanol–water partition coefficient (Wildman–Crippen LogP) is 1.69. The molecule has 1 fully saturated rings. The number of benzene rings is 2. The highest BCUT2D eigenvalue weighted by Crippen LogP contribution is 2.21. The number of aromatic amines is 2. The number of rotatable bonds is 2. The van der Waals surface area contributed by atoms with Crippen LogP contribution in [0, 0.1) is 11.3 Å². The fourth-order valence-electron chi connectivity index (χ4n) is 3.29. The number of piperazine rings is 1. The van der Waals surface area contributed by atoms with Crippen molar-refractivity contribution in [3.8, 4) is 6.07 Å². The van der Waals surface area contributed by atoms with Crippen molar-refractivity contribution in [2.75, 3.05) is 31.1 Å². The van der Waals surface area contributed by atoms with Crippen molar-refractivity contribution in [2.24, 2.45) is 0 Å². The summed E-state index contributed by atoms with van der Waals surface area (Å²) in [6.45, 7) is 2.64. The number of fused-ring (bicyclic) bond motifs is 1. The number of nitrogens with one attached hydrogen (secondary N) is 2. The van der Waals surface area contributed by atoms with Crippen molar-refractivity contribution in [3.05, 3.63) is 64.1 Å². The lowest BCUT2D eigenvalue weighted by Crippen LogP contribution is -2.48. The standard InChI is InChI=1S/C19H17N5O2/c20-12-13-2-1-3-14(10-13)18(25)24-8-6-23(7-9-24)15-4-5-16-17(11-15)22-19(26)21-16/h1-5,10-11H,6-9H2,(H2,21,22,26). The minimum absolute atomic E-state index is 0.0489. The molecular weight excluding hydrogens is 330 g/mol. The molecule has 1 aromatic heterocycles. The van der Waals surface area contributed by atoms with Crippen molar-refractivity contribution in [1.82, 2.24) is 14.9 Å². The molecule has 0 radical (unpaired) electrons. The van der Waals surface area contributed by atoms with Crippen LogP contribution in [0.25, 0.3) is 11.0 Å². The van der Waals surface area contributed by atoms with Crippen molar-refractivity contribution in [3.63, 3.8) is 0 Å². The summed E-state index contributed by atoms with van der Waals surface area (Å²) >= 11 is 0. The Balaban J connectivity index is 1.46. The number of nitrogens with zero attached hydrogens (tertiary/aromatic N) is 3. The molecule has 26 heavy (non-hydrogen) atoms. The third-order valence-corrected chi connectivity index (χ3v) is 4.67. The van der Waals surface area contributed by atoms with Gasteiger partial charge in [0.05, 0.1) is 22.7 Å². The summed E-state index contributed by atoms with van der Waals surface area (Å²) in [6.07, 6.45) is 0. The summed E-state index contributed by atoms with van der Waals surface area (Å²) in [5.41, 5.74) is 3.40. The fraction of sp³-hybridized carbons (Fsp3) is 0.211. The van der Waals surface area contributed by atoms with Crippen molar-refractivity contribution < 1.29 is 4.79 Å². The van der Waals surface area contributed by atoms with Crippen LogP contribution in [0.4, 0.5) is 5.69 Å². The lowest BCUT2D eigenvalue weighted by Gasteiger charge is -2.36. The number of carbonyl (C=O) groups is 1. The number of nitriles is 1. The van der Waals surface area contributed by atoms with E-state index in [1.54, 1.807) is 24.3 Å². The quantitative estimate of drug-likeness (QED) is 0.737. The first-order valence-electron chi connectivity index (χ1n) is 8.40. The Labute approximate surface area is 149 Å². The average molecular weight is 347 g/mol. The number of hydrogen-bond donors (Lipinski definition) is 2. The molecule has 3 aromatic rings. The second-order valence-electron chi connectivity index (χ2n) is 6.28. The van der Waals surface area contributed by atoms with E-state index in [1.165, 1.54) is 0 Å². The molecule has 0 bridgehead atoms. The molecule has 7 nitrogen and oxygen atoms in total. The smallest absolute Gasteiger partial charge is 0.323 e. The first-order valence-corrected chi connectivity index (χ1v) is 8.40. The molecule has 7 heteroatoms. The van der Waals surface area contributed by atoms with Gasteiger partial charge >= 0.3 is 5.69 Å². The Morgan fingerprint density at radius 3 is 2.54 bits per heavy atom. The van der Waals surface area contributed by atoms with Crippen LogP contribution in [0.1, 0.15) is 15.9 Å². The number of H-pyrrole nitrogens is 2. The Morgan fingerprint density at radius 1 is 1.00 bits per heavy atom. The summed E-state index contributed by atoms with van der Waals surface area (Å²) < 4.78 is 0. The van der Waals surface area contributed by atoms with E-state index >= 15 is 0 Å². The molecule has 2 heterocycles. The van der Waals surface area contributed by atoms with Crippen LogP contribution in [-0.4, -0.2) is 47.0 Å². The van der Waals surface area contributed by atoms with E-state index in [9.17, 15) is 9.59 Å². The molecule has 130 valence electrons. The van der Waals surface area contributed by atoms with Crippen molar-refractivity contribution in [2.45, 2.75) is 0 Å². The fourth-order valence-corrected chi connectivity index (χ4v) is 3.29. The highest BCUT2D eigenvalue weighted by atomic mass is 16.2. The van der Waals surface area contributed by atoms with Gasteiger partial charge in [-0.3, -0.25) is 4.79 Å². The molecule has 1 saturated heterocycles. The summed E-state index contributed by atoms with van der Waals surface area (Å²) in [4.78, 5) is 33.5. The predicted molar refractivity (Wildman–Crippen MR) is 98.2 cm³/mol.